The molecule has 0 aliphatic heterocycles. The maximum Gasteiger partial charge on any atom is 0.344 e. The summed E-state index contributed by atoms with van der Waals surface area (Å²) in [5.41, 5.74) is 5.22. The first kappa shape index (κ1) is 19.7. The molecule has 0 unspecified atom stereocenters. The molecule has 1 amide bonds. The van der Waals surface area contributed by atoms with Gasteiger partial charge in [-0.1, -0.05) is 54.6 Å². The van der Waals surface area contributed by atoms with Gasteiger partial charge in [0.15, 0.2) is 13.2 Å². The first-order valence-electron chi connectivity index (χ1n) is 10.0. The van der Waals surface area contributed by atoms with Gasteiger partial charge in [-0.05, 0) is 54.2 Å². The molecule has 0 fully saturated rings. The Bertz CT molecular complexity index is 1050. The second kappa shape index (κ2) is 9.27. The lowest BCUT2D eigenvalue weighted by molar-refractivity contribution is -0.149. The average Bonchev–Trinajstić information content (AvgIpc) is 3.25. The molecular weight excluding hydrogens is 378 g/mol. The van der Waals surface area contributed by atoms with Crippen LogP contribution in [0, 0.1) is 0 Å². The number of para-hydroxylation sites is 1. The van der Waals surface area contributed by atoms with Crippen LogP contribution in [0.1, 0.15) is 17.5 Å². The van der Waals surface area contributed by atoms with E-state index in [1.807, 2.05) is 66.7 Å². The Kier molecular flexibility index (Phi) is 6.09. The van der Waals surface area contributed by atoms with Crippen molar-refractivity contribution in [1.29, 1.82) is 0 Å². The van der Waals surface area contributed by atoms with E-state index in [0.717, 1.165) is 36.1 Å². The van der Waals surface area contributed by atoms with Gasteiger partial charge in [0.2, 0.25) is 0 Å². The number of fused-ring (bicyclic) bond motifs is 1. The number of ether oxygens (including phenoxy) is 2. The van der Waals surface area contributed by atoms with Crippen LogP contribution in [0.5, 0.6) is 5.75 Å². The molecule has 152 valence electrons. The van der Waals surface area contributed by atoms with Crippen LogP contribution in [0.15, 0.2) is 72.8 Å². The smallest absolute Gasteiger partial charge is 0.344 e. The Morgan fingerprint density at radius 3 is 2.47 bits per heavy atom. The van der Waals surface area contributed by atoms with Crippen LogP contribution in [0.3, 0.4) is 0 Å². The van der Waals surface area contributed by atoms with E-state index in [0.29, 0.717) is 5.75 Å². The van der Waals surface area contributed by atoms with Crippen LogP contribution in [0.2, 0.25) is 0 Å². The van der Waals surface area contributed by atoms with Crippen molar-refractivity contribution in [3.05, 3.63) is 83.9 Å². The summed E-state index contributed by atoms with van der Waals surface area (Å²) in [6, 6.07) is 23.2. The SMILES string of the molecule is O=C(COC(=O)COc1ccccc1-c1ccccc1)Nc1ccc2c(c1)CCC2. The summed E-state index contributed by atoms with van der Waals surface area (Å²) >= 11 is 0. The van der Waals surface area contributed by atoms with Crippen molar-refractivity contribution in [2.75, 3.05) is 18.5 Å². The van der Waals surface area contributed by atoms with Crippen molar-refractivity contribution in [2.45, 2.75) is 19.3 Å². The molecule has 0 atom stereocenters. The molecule has 1 N–H and O–H groups in total. The van der Waals surface area contributed by atoms with Crippen molar-refractivity contribution in [1.82, 2.24) is 0 Å². The van der Waals surface area contributed by atoms with E-state index >= 15 is 0 Å². The molecule has 0 radical (unpaired) electrons. The van der Waals surface area contributed by atoms with Gasteiger partial charge in [0, 0.05) is 11.3 Å². The minimum atomic E-state index is -0.595. The van der Waals surface area contributed by atoms with Crippen LogP contribution in [0.25, 0.3) is 11.1 Å². The van der Waals surface area contributed by atoms with Gasteiger partial charge in [-0.2, -0.15) is 0 Å². The number of hydrogen-bond acceptors (Lipinski definition) is 4. The summed E-state index contributed by atoms with van der Waals surface area (Å²) in [6.07, 6.45) is 3.28. The van der Waals surface area contributed by atoms with Crippen LogP contribution >= 0.6 is 0 Å². The van der Waals surface area contributed by atoms with Crippen molar-refractivity contribution >= 4 is 17.6 Å². The molecule has 0 aromatic heterocycles. The van der Waals surface area contributed by atoms with Gasteiger partial charge in [-0.25, -0.2) is 4.79 Å². The number of amides is 1. The number of esters is 1. The Balaban J connectivity index is 1.27. The molecule has 0 spiro atoms. The van der Waals surface area contributed by atoms with Crippen LogP contribution in [-0.4, -0.2) is 25.1 Å². The molecular formula is C25H23NO4. The lowest BCUT2D eigenvalue weighted by Gasteiger charge is -2.12. The summed E-state index contributed by atoms with van der Waals surface area (Å²) in [7, 11) is 0. The van der Waals surface area contributed by atoms with E-state index in [4.69, 9.17) is 9.47 Å². The van der Waals surface area contributed by atoms with Crippen LogP contribution < -0.4 is 10.1 Å². The average molecular weight is 401 g/mol. The number of carbonyl (C=O) groups is 2. The number of rotatable bonds is 7. The molecule has 0 heterocycles. The number of anilines is 1. The van der Waals surface area contributed by atoms with Gasteiger partial charge in [-0.15, -0.1) is 0 Å². The minimum Gasteiger partial charge on any atom is -0.481 e. The topological polar surface area (TPSA) is 64.6 Å². The molecule has 0 bridgehead atoms. The Hall–Kier alpha value is -3.60. The third-order valence-corrected chi connectivity index (χ3v) is 5.06. The molecule has 0 saturated carbocycles. The minimum absolute atomic E-state index is 0.268. The van der Waals surface area contributed by atoms with Gasteiger partial charge in [0.25, 0.3) is 5.91 Å². The first-order chi connectivity index (χ1) is 14.7. The monoisotopic (exact) mass is 401 g/mol. The molecule has 4 rings (SSSR count). The quantitative estimate of drug-likeness (QED) is 0.596. The van der Waals surface area contributed by atoms with Gasteiger partial charge in [0.1, 0.15) is 5.75 Å². The molecule has 0 saturated heterocycles. The van der Waals surface area contributed by atoms with Gasteiger partial charge < -0.3 is 14.8 Å². The maximum atomic E-state index is 12.1. The summed E-state index contributed by atoms with van der Waals surface area (Å²) in [5, 5.41) is 2.77. The second-order valence-corrected chi connectivity index (χ2v) is 7.20. The second-order valence-electron chi connectivity index (χ2n) is 7.20. The molecule has 3 aromatic carbocycles. The highest BCUT2D eigenvalue weighted by Crippen LogP contribution is 2.29. The highest BCUT2D eigenvalue weighted by molar-refractivity contribution is 5.93. The van der Waals surface area contributed by atoms with Crippen LogP contribution in [0.4, 0.5) is 5.69 Å². The fourth-order valence-electron chi connectivity index (χ4n) is 3.62. The summed E-state index contributed by atoms with van der Waals surface area (Å²) in [4.78, 5) is 24.1. The highest BCUT2D eigenvalue weighted by atomic mass is 16.6. The molecule has 3 aromatic rings. The van der Waals surface area contributed by atoms with E-state index in [-0.39, 0.29) is 19.1 Å². The Morgan fingerprint density at radius 2 is 1.60 bits per heavy atom. The fourth-order valence-corrected chi connectivity index (χ4v) is 3.62. The molecule has 5 nitrogen and oxygen atoms in total. The number of aryl methyl sites for hydroxylation is 2. The van der Waals surface area contributed by atoms with Gasteiger partial charge in [-0.3, -0.25) is 4.79 Å². The summed E-state index contributed by atoms with van der Waals surface area (Å²) < 4.78 is 10.7. The Morgan fingerprint density at radius 1 is 0.833 bits per heavy atom. The molecule has 5 heteroatoms. The normalized spacial score (nSPS) is 12.1. The summed E-state index contributed by atoms with van der Waals surface area (Å²) in [6.45, 7) is -0.615. The van der Waals surface area contributed by atoms with E-state index in [2.05, 4.69) is 5.32 Å². The number of nitrogens with one attached hydrogen (secondary N) is 1. The number of benzene rings is 3. The van der Waals surface area contributed by atoms with Gasteiger partial charge in [0.05, 0.1) is 0 Å². The molecule has 1 aliphatic rings. The van der Waals surface area contributed by atoms with Gasteiger partial charge >= 0.3 is 5.97 Å². The highest BCUT2D eigenvalue weighted by Gasteiger charge is 2.14. The van der Waals surface area contributed by atoms with Crippen LogP contribution in [-0.2, 0) is 27.2 Å². The predicted octanol–water partition coefficient (Wildman–Crippen LogP) is 4.40. The fraction of sp³-hybridized carbons (Fsp3) is 0.200. The van der Waals surface area contributed by atoms with Crippen molar-refractivity contribution in [2.24, 2.45) is 0 Å². The van der Waals surface area contributed by atoms with Crippen molar-refractivity contribution < 1.29 is 19.1 Å². The Labute approximate surface area is 175 Å². The maximum absolute atomic E-state index is 12.1. The zero-order valence-corrected chi connectivity index (χ0v) is 16.6. The van der Waals surface area contributed by atoms with E-state index in [1.165, 1.54) is 11.1 Å². The lowest BCUT2D eigenvalue weighted by atomic mass is 10.1. The summed E-state index contributed by atoms with van der Waals surface area (Å²) in [5.74, 6) is -0.379. The number of carbonyl (C=O) groups excluding carboxylic acids is 2. The zero-order valence-electron chi connectivity index (χ0n) is 16.6. The van der Waals surface area contributed by atoms with Crippen molar-refractivity contribution in [3.8, 4) is 16.9 Å². The molecule has 30 heavy (non-hydrogen) atoms. The van der Waals surface area contributed by atoms with Crippen molar-refractivity contribution in [3.63, 3.8) is 0 Å². The third-order valence-electron chi connectivity index (χ3n) is 5.06. The van der Waals surface area contributed by atoms with E-state index in [1.54, 1.807) is 6.07 Å². The largest absolute Gasteiger partial charge is 0.481 e. The van der Waals surface area contributed by atoms with E-state index < -0.39 is 5.97 Å². The predicted molar refractivity (Wildman–Crippen MR) is 115 cm³/mol. The first-order valence-corrected chi connectivity index (χ1v) is 10.0. The standard InChI is InChI=1S/C25H23NO4/c27-24(26-21-14-13-18-9-6-10-20(18)15-21)16-30-25(28)17-29-23-12-5-4-11-22(23)19-7-2-1-3-8-19/h1-5,7-8,11-15H,6,9-10,16-17H2,(H,26,27). The lowest BCUT2D eigenvalue weighted by Crippen LogP contribution is -2.23. The van der Waals surface area contributed by atoms with E-state index in [9.17, 15) is 9.59 Å². The third kappa shape index (κ3) is 4.87. The molecule has 1 aliphatic carbocycles. The zero-order chi connectivity index (χ0) is 20.8. The number of hydrogen-bond donors (Lipinski definition) is 1.